The van der Waals surface area contributed by atoms with Crippen LogP contribution in [0.4, 0.5) is 0 Å². The third kappa shape index (κ3) is 3.61. The van der Waals surface area contributed by atoms with E-state index in [4.69, 9.17) is 4.42 Å². The molecule has 2 aromatic rings. The number of rotatable bonds is 7. The van der Waals surface area contributed by atoms with E-state index >= 15 is 0 Å². The number of furan rings is 1. The van der Waals surface area contributed by atoms with Crippen LogP contribution in [-0.4, -0.2) is 18.5 Å². The number of fused-ring (bicyclic) bond motifs is 1. The first-order valence-electron chi connectivity index (χ1n) is 7.29. The van der Waals surface area contributed by atoms with Gasteiger partial charge in [-0.05, 0) is 37.9 Å². The molecule has 2 N–H and O–H groups in total. The third-order valence-corrected chi connectivity index (χ3v) is 3.48. The molecule has 1 aromatic carbocycles. The topological polar surface area (TPSA) is 54.3 Å². The molecule has 0 aliphatic heterocycles. The Morgan fingerprint density at radius 2 is 2.15 bits per heavy atom. The van der Waals surface area contributed by atoms with Crippen LogP contribution in [0.5, 0.6) is 0 Å². The third-order valence-electron chi connectivity index (χ3n) is 3.48. The van der Waals surface area contributed by atoms with Gasteiger partial charge in [-0.3, -0.25) is 4.79 Å². The smallest absolute Gasteiger partial charge is 0.220 e. The minimum atomic E-state index is 0.179. The maximum atomic E-state index is 11.5. The molecule has 1 heterocycles. The van der Waals surface area contributed by atoms with Crippen molar-refractivity contribution in [1.82, 2.24) is 10.6 Å². The van der Waals surface area contributed by atoms with E-state index in [9.17, 15) is 4.79 Å². The SMILES string of the molecule is O=C(CCCNCc1cc2ccccc2o1)NC1CC1. The molecule has 0 saturated heterocycles. The number of nitrogens with one attached hydrogen (secondary N) is 2. The molecule has 1 fully saturated rings. The van der Waals surface area contributed by atoms with Gasteiger partial charge in [0.25, 0.3) is 0 Å². The quantitative estimate of drug-likeness (QED) is 0.762. The van der Waals surface area contributed by atoms with Crippen LogP contribution in [0.15, 0.2) is 34.7 Å². The van der Waals surface area contributed by atoms with Crippen LogP contribution >= 0.6 is 0 Å². The molecule has 0 bridgehead atoms. The summed E-state index contributed by atoms with van der Waals surface area (Å²) in [5.41, 5.74) is 0.924. The molecule has 0 spiro atoms. The Balaban J connectivity index is 1.35. The lowest BCUT2D eigenvalue weighted by molar-refractivity contribution is -0.121. The highest BCUT2D eigenvalue weighted by atomic mass is 16.3. The zero-order valence-electron chi connectivity index (χ0n) is 11.5. The molecule has 1 aromatic heterocycles. The van der Waals surface area contributed by atoms with E-state index < -0.39 is 0 Å². The van der Waals surface area contributed by atoms with E-state index in [1.54, 1.807) is 0 Å². The monoisotopic (exact) mass is 272 g/mol. The van der Waals surface area contributed by atoms with Gasteiger partial charge in [-0.25, -0.2) is 0 Å². The van der Waals surface area contributed by atoms with Crippen molar-refractivity contribution in [2.45, 2.75) is 38.3 Å². The van der Waals surface area contributed by atoms with Crippen LogP contribution < -0.4 is 10.6 Å². The average molecular weight is 272 g/mol. The van der Waals surface area contributed by atoms with Gasteiger partial charge < -0.3 is 15.1 Å². The summed E-state index contributed by atoms with van der Waals surface area (Å²) in [5, 5.41) is 7.44. The van der Waals surface area contributed by atoms with E-state index in [1.165, 1.54) is 0 Å². The van der Waals surface area contributed by atoms with Crippen molar-refractivity contribution in [3.8, 4) is 0 Å². The molecule has 1 aliphatic carbocycles. The van der Waals surface area contributed by atoms with E-state index in [1.807, 2.05) is 24.3 Å². The lowest BCUT2D eigenvalue weighted by atomic mass is 10.2. The molecule has 4 heteroatoms. The van der Waals surface area contributed by atoms with Crippen molar-refractivity contribution in [3.05, 3.63) is 36.1 Å². The number of carbonyl (C=O) groups is 1. The molecule has 106 valence electrons. The first kappa shape index (κ1) is 13.2. The molecular weight excluding hydrogens is 252 g/mol. The highest BCUT2D eigenvalue weighted by molar-refractivity contribution is 5.77. The number of hydrogen-bond donors (Lipinski definition) is 2. The Morgan fingerprint density at radius 3 is 2.95 bits per heavy atom. The van der Waals surface area contributed by atoms with Gasteiger partial charge in [-0.1, -0.05) is 18.2 Å². The summed E-state index contributed by atoms with van der Waals surface area (Å²) in [6.07, 6.45) is 3.76. The second-order valence-corrected chi connectivity index (χ2v) is 5.37. The molecule has 0 radical (unpaired) electrons. The standard InChI is InChI=1S/C16H20N2O2/c19-16(18-13-7-8-13)6-3-9-17-11-14-10-12-4-1-2-5-15(12)20-14/h1-2,4-5,10,13,17H,3,6-9,11H2,(H,18,19). The number of benzene rings is 1. The van der Waals surface area contributed by atoms with Gasteiger partial charge in [-0.15, -0.1) is 0 Å². The van der Waals surface area contributed by atoms with Crippen LogP contribution in [0.1, 0.15) is 31.4 Å². The lowest BCUT2D eigenvalue weighted by Crippen LogP contribution is -2.26. The van der Waals surface area contributed by atoms with Crippen LogP contribution in [-0.2, 0) is 11.3 Å². The predicted octanol–water partition coefficient (Wildman–Crippen LogP) is 2.58. The second-order valence-electron chi connectivity index (χ2n) is 5.37. The highest BCUT2D eigenvalue weighted by Crippen LogP contribution is 2.19. The molecule has 20 heavy (non-hydrogen) atoms. The van der Waals surface area contributed by atoms with Crippen molar-refractivity contribution in [2.75, 3.05) is 6.54 Å². The Morgan fingerprint density at radius 1 is 1.30 bits per heavy atom. The molecule has 4 nitrogen and oxygen atoms in total. The molecular formula is C16H20N2O2. The summed E-state index contributed by atoms with van der Waals surface area (Å²) < 4.78 is 5.71. The van der Waals surface area contributed by atoms with E-state index in [2.05, 4.69) is 16.7 Å². The van der Waals surface area contributed by atoms with Gasteiger partial charge in [0.05, 0.1) is 6.54 Å². The molecule has 0 atom stereocenters. The molecule has 0 unspecified atom stereocenters. The first-order valence-corrected chi connectivity index (χ1v) is 7.29. The minimum absolute atomic E-state index is 0.179. The summed E-state index contributed by atoms with van der Waals surface area (Å²) in [7, 11) is 0. The summed E-state index contributed by atoms with van der Waals surface area (Å²) in [6.45, 7) is 1.54. The fourth-order valence-electron chi connectivity index (χ4n) is 2.24. The predicted molar refractivity (Wildman–Crippen MR) is 78.3 cm³/mol. The average Bonchev–Trinajstić information content (AvgIpc) is 3.15. The van der Waals surface area contributed by atoms with Crippen molar-refractivity contribution < 1.29 is 9.21 Å². The van der Waals surface area contributed by atoms with Crippen LogP contribution in [0.25, 0.3) is 11.0 Å². The molecule has 1 aliphatic rings. The van der Waals surface area contributed by atoms with Gasteiger partial charge in [-0.2, -0.15) is 0 Å². The van der Waals surface area contributed by atoms with Crippen LogP contribution in [0.2, 0.25) is 0 Å². The summed E-state index contributed by atoms with van der Waals surface area (Å²) in [6, 6.07) is 10.5. The summed E-state index contributed by atoms with van der Waals surface area (Å²) >= 11 is 0. The van der Waals surface area contributed by atoms with Crippen LogP contribution in [0.3, 0.4) is 0 Å². The Bertz CT molecular complexity index is 554. The van der Waals surface area contributed by atoms with Crippen molar-refractivity contribution >= 4 is 16.9 Å². The van der Waals surface area contributed by atoms with E-state index in [-0.39, 0.29) is 5.91 Å². The number of hydrogen-bond acceptors (Lipinski definition) is 3. The minimum Gasteiger partial charge on any atom is -0.460 e. The molecule has 1 saturated carbocycles. The normalized spacial score (nSPS) is 14.6. The zero-order chi connectivity index (χ0) is 13.8. The first-order chi connectivity index (χ1) is 9.81. The van der Waals surface area contributed by atoms with E-state index in [0.717, 1.165) is 42.5 Å². The van der Waals surface area contributed by atoms with Gasteiger partial charge in [0, 0.05) is 17.8 Å². The number of para-hydroxylation sites is 1. The fraction of sp³-hybridized carbons (Fsp3) is 0.438. The number of amides is 1. The molecule has 3 rings (SSSR count). The highest BCUT2D eigenvalue weighted by Gasteiger charge is 2.22. The zero-order valence-corrected chi connectivity index (χ0v) is 11.5. The molecule has 1 amide bonds. The lowest BCUT2D eigenvalue weighted by Gasteiger charge is -2.04. The van der Waals surface area contributed by atoms with Crippen LogP contribution in [0, 0.1) is 0 Å². The maximum absolute atomic E-state index is 11.5. The Labute approximate surface area is 118 Å². The summed E-state index contributed by atoms with van der Waals surface area (Å²) in [4.78, 5) is 11.5. The Kier molecular flexibility index (Phi) is 4.02. The summed E-state index contributed by atoms with van der Waals surface area (Å²) in [5.74, 6) is 1.12. The van der Waals surface area contributed by atoms with E-state index in [0.29, 0.717) is 19.0 Å². The van der Waals surface area contributed by atoms with Gasteiger partial charge >= 0.3 is 0 Å². The largest absolute Gasteiger partial charge is 0.460 e. The maximum Gasteiger partial charge on any atom is 0.220 e. The van der Waals surface area contributed by atoms with Gasteiger partial charge in [0.2, 0.25) is 5.91 Å². The van der Waals surface area contributed by atoms with Gasteiger partial charge in [0.1, 0.15) is 11.3 Å². The van der Waals surface area contributed by atoms with Crippen molar-refractivity contribution in [2.24, 2.45) is 0 Å². The van der Waals surface area contributed by atoms with Gasteiger partial charge in [0.15, 0.2) is 0 Å². The van der Waals surface area contributed by atoms with Crippen molar-refractivity contribution in [3.63, 3.8) is 0 Å². The van der Waals surface area contributed by atoms with Crippen molar-refractivity contribution in [1.29, 1.82) is 0 Å². The second kappa shape index (κ2) is 6.09. The Hall–Kier alpha value is -1.81. The fourth-order valence-corrected chi connectivity index (χ4v) is 2.24. The number of carbonyl (C=O) groups excluding carboxylic acids is 1.